The summed E-state index contributed by atoms with van der Waals surface area (Å²) in [5.74, 6) is 5.31. The number of rotatable bonds is 2. The number of alkyl halides is 3. The van der Waals surface area contributed by atoms with E-state index in [1.807, 2.05) is 31.2 Å². The van der Waals surface area contributed by atoms with Crippen LogP contribution in [0.25, 0.3) is 16.9 Å². The van der Waals surface area contributed by atoms with E-state index >= 15 is 0 Å². The van der Waals surface area contributed by atoms with Gasteiger partial charge in [-0.15, -0.1) is 0 Å². The van der Waals surface area contributed by atoms with Gasteiger partial charge in [-0.25, -0.2) is 10.8 Å². The van der Waals surface area contributed by atoms with E-state index < -0.39 is 11.9 Å². The molecule has 0 unspecified atom stereocenters. The number of hydrogen-bond acceptors (Lipinski definition) is 4. The molecular formula is C14H12F3N5. The van der Waals surface area contributed by atoms with Crippen molar-refractivity contribution in [3.8, 4) is 11.3 Å². The molecule has 0 bridgehead atoms. The van der Waals surface area contributed by atoms with Crippen LogP contribution >= 0.6 is 0 Å². The van der Waals surface area contributed by atoms with E-state index in [1.54, 1.807) is 0 Å². The summed E-state index contributed by atoms with van der Waals surface area (Å²) in [5, 5.41) is 4.28. The number of anilines is 1. The minimum absolute atomic E-state index is 0.0113. The Bertz CT molecular complexity index is 838. The van der Waals surface area contributed by atoms with Crippen LogP contribution in [0.4, 0.5) is 19.0 Å². The second-order valence-electron chi connectivity index (χ2n) is 4.78. The van der Waals surface area contributed by atoms with Crippen LogP contribution in [-0.2, 0) is 6.18 Å². The summed E-state index contributed by atoms with van der Waals surface area (Å²) >= 11 is 0. The summed E-state index contributed by atoms with van der Waals surface area (Å²) in [4.78, 5) is 3.61. The Morgan fingerprint density at radius 3 is 2.55 bits per heavy atom. The van der Waals surface area contributed by atoms with E-state index in [0.29, 0.717) is 5.69 Å². The van der Waals surface area contributed by atoms with Crippen molar-refractivity contribution in [2.45, 2.75) is 13.1 Å². The van der Waals surface area contributed by atoms with E-state index in [4.69, 9.17) is 5.84 Å². The summed E-state index contributed by atoms with van der Waals surface area (Å²) < 4.78 is 39.8. The van der Waals surface area contributed by atoms with Gasteiger partial charge in [-0.1, -0.05) is 24.3 Å². The number of hydrazine groups is 1. The molecule has 114 valence electrons. The Hall–Kier alpha value is -2.61. The lowest BCUT2D eigenvalue weighted by molar-refractivity contribution is -0.141. The monoisotopic (exact) mass is 307 g/mol. The van der Waals surface area contributed by atoms with Crippen molar-refractivity contribution in [3.05, 3.63) is 47.7 Å². The standard InChI is InChI=1S/C14H12F3N5/c1-8-4-2-3-5-9(8)10-6-12-19-11(14(15,16)17)7-13(20-18)22(12)21-10/h2-7,20H,18H2,1H3. The number of nitrogens with zero attached hydrogens (tertiary/aromatic N) is 3. The molecule has 0 radical (unpaired) electrons. The molecule has 2 aromatic heterocycles. The quantitative estimate of drug-likeness (QED) is 0.564. The highest BCUT2D eigenvalue weighted by Crippen LogP contribution is 2.31. The molecule has 22 heavy (non-hydrogen) atoms. The molecule has 0 fully saturated rings. The zero-order valence-corrected chi connectivity index (χ0v) is 11.5. The first-order chi connectivity index (χ1) is 10.4. The lowest BCUT2D eigenvalue weighted by Crippen LogP contribution is -2.16. The number of nitrogens with two attached hydrogens (primary N) is 1. The summed E-state index contributed by atoms with van der Waals surface area (Å²) in [6.07, 6.45) is -4.56. The minimum atomic E-state index is -4.56. The third kappa shape index (κ3) is 2.37. The van der Waals surface area contributed by atoms with Crippen LogP contribution in [0.2, 0.25) is 0 Å². The molecule has 1 aromatic carbocycles. The van der Waals surface area contributed by atoms with Crippen LogP contribution < -0.4 is 11.3 Å². The van der Waals surface area contributed by atoms with Crippen molar-refractivity contribution in [1.82, 2.24) is 14.6 Å². The molecule has 3 aromatic rings. The fourth-order valence-electron chi connectivity index (χ4n) is 2.21. The predicted octanol–water partition coefficient (Wildman–Crippen LogP) is 3.01. The summed E-state index contributed by atoms with van der Waals surface area (Å²) in [6.45, 7) is 1.90. The maximum atomic E-state index is 12.9. The third-order valence-electron chi connectivity index (χ3n) is 3.29. The molecule has 3 rings (SSSR count). The fourth-order valence-corrected chi connectivity index (χ4v) is 2.21. The van der Waals surface area contributed by atoms with E-state index in [1.165, 1.54) is 10.6 Å². The number of benzene rings is 1. The molecule has 8 heteroatoms. The topological polar surface area (TPSA) is 68.2 Å². The highest BCUT2D eigenvalue weighted by Gasteiger charge is 2.33. The molecule has 0 spiro atoms. The Morgan fingerprint density at radius 2 is 1.91 bits per heavy atom. The van der Waals surface area contributed by atoms with Gasteiger partial charge < -0.3 is 5.43 Å². The molecule has 0 atom stereocenters. The van der Waals surface area contributed by atoms with Crippen molar-refractivity contribution in [2.75, 3.05) is 5.43 Å². The van der Waals surface area contributed by atoms with Gasteiger partial charge in [-0.05, 0) is 12.5 Å². The number of fused-ring (bicyclic) bond motifs is 1. The Kier molecular flexibility index (Phi) is 3.25. The molecule has 0 amide bonds. The molecule has 0 aliphatic heterocycles. The molecule has 0 saturated heterocycles. The van der Waals surface area contributed by atoms with Crippen LogP contribution in [-0.4, -0.2) is 14.6 Å². The van der Waals surface area contributed by atoms with Crippen molar-refractivity contribution in [1.29, 1.82) is 0 Å². The van der Waals surface area contributed by atoms with Gasteiger partial charge in [0.1, 0.15) is 5.82 Å². The van der Waals surface area contributed by atoms with Gasteiger partial charge in [0.15, 0.2) is 11.3 Å². The lowest BCUT2D eigenvalue weighted by atomic mass is 10.1. The van der Waals surface area contributed by atoms with Gasteiger partial charge in [-0.2, -0.15) is 22.8 Å². The van der Waals surface area contributed by atoms with Crippen LogP contribution in [0.3, 0.4) is 0 Å². The first kappa shape index (κ1) is 14.3. The summed E-state index contributed by atoms with van der Waals surface area (Å²) in [6, 6.07) is 9.78. The Morgan fingerprint density at radius 1 is 1.18 bits per heavy atom. The number of hydrogen-bond donors (Lipinski definition) is 2. The molecule has 0 saturated carbocycles. The Balaban J connectivity index is 2.23. The molecular weight excluding hydrogens is 295 g/mol. The van der Waals surface area contributed by atoms with Crippen LogP contribution in [0.15, 0.2) is 36.4 Å². The molecule has 5 nitrogen and oxygen atoms in total. The van der Waals surface area contributed by atoms with Crippen molar-refractivity contribution in [2.24, 2.45) is 5.84 Å². The Labute approximate surface area is 123 Å². The molecule has 0 aliphatic rings. The number of aromatic nitrogens is 3. The summed E-state index contributed by atoms with van der Waals surface area (Å²) in [7, 11) is 0. The number of nitrogens with one attached hydrogen (secondary N) is 1. The average Bonchev–Trinajstić information content (AvgIpc) is 2.89. The number of nitrogen functional groups attached to an aromatic ring is 1. The fraction of sp³-hybridized carbons (Fsp3) is 0.143. The number of aryl methyl sites for hydroxylation is 1. The zero-order chi connectivity index (χ0) is 15.9. The number of halogens is 3. The highest BCUT2D eigenvalue weighted by molar-refractivity contribution is 5.68. The maximum absolute atomic E-state index is 12.9. The van der Waals surface area contributed by atoms with Gasteiger partial charge in [0.05, 0.1) is 5.69 Å². The van der Waals surface area contributed by atoms with Crippen molar-refractivity contribution >= 4 is 11.5 Å². The molecule has 2 heterocycles. The third-order valence-corrected chi connectivity index (χ3v) is 3.29. The highest BCUT2D eigenvalue weighted by atomic mass is 19.4. The first-order valence-corrected chi connectivity index (χ1v) is 6.41. The van der Waals surface area contributed by atoms with Crippen LogP contribution in [0.1, 0.15) is 11.3 Å². The first-order valence-electron chi connectivity index (χ1n) is 6.41. The predicted molar refractivity (Wildman–Crippen MR) is 76.0 cm³/mol. The van der Waals surface area contributed by atoms with E-state index in [0.717, 1.165) is 17.2 Å². The van der Waals surface area contributed by atoms with E-state index in [2.05, 4.69) is 15.5 Å². The zero-order valence-electron chi connectivity index (χ0n) is 11.5. The second kappa shape index (κ2) is 4.99. The SMILES string of the molecule is Cc1ccccc1-c1cc2nc(C(F)(F)F)cc(NN)n2n1. The minimum Gasteiger partial charge on any atom is -0.308 e. The van der Waals surface area contributed by atoms with Gasteiger partial charge in [0.2, 0.25) is 0 Å². The van der Waals surface area contributed by atoms with E-state index in [9.17, 15) is 13.2 Å². The van der Waals surface area contributed by atoms with Crippen LogP contribution in [0.5, 0.6) is 0 Å². The second-order valence-corrected chi connectivity index (χ2v) is 4.78. The van der Waals surface area contributed by atoms with Gasteiger partial charge >= 0.3 is 6.18 Å². The van der Waals surface area contributed by atoms with Gasteiger partial charge in [-0.3, -0.25) is 0 Å². The molecule has 0 aliphatic carbocycles. The van der Waals surface area contributed by atoms with Gasteiger partial charge in [0.25, 0.3) is 0 Å². The van der Waals surface area contributed by atoms with Crippen molar-refractivity contribution < 1.29 is 13.2 Å². The van der Waals surface area contributed by atoms with Crippen molar-refractivity contribution in [3.63, 3.8) is 0 Å². The van der Waals surface area contributed by atoms with E-state index in [-0.39, 0.29) is 11.5 Å². The summed E-state index contributed by atoms with van der Waals surface area (Å²) in [5.41, 5.74) is 3.58. The average molecular weight is 307 g/mol. The largest absolute Gasteiger partial charge is 0.433 e. The smallest absolute Gasteiger partial charge is 0.308 e. The van der Waals surface area contributed by atoms with Crippen LogP contribution in [0, 0.1) is 6.92 Å². The maximum Gasteiger partial charge on any atom is 0.433 e. The van der Waals surface area contributed by atoms with Gasteiger partial charge in [0, 0.05) is 17.7 Å². The lowest BCUT2D eigenvalue weighted by Gasteiger charge is -2.09. The normalized spacial score (nSPS) is 11.9. The molecule has 3 N–H and O–H groups in total.